The molecule has 0 atom stereocenters. The van der Waals surface area contributed by atoms with Crippen LogP contribution in [0.2, 0.25) is 0 Å². The highest BCUT2D eigenvalue weighted by atomic mass is 32.1. The number of nitrogens with zero attached hydrogens (tertiary/aromatic N) is 2. The molecular weight excluding hydrogens is 276 g/mol. The Morgan fingerprint density at radius 2 is 2.05 bits per heavy atom. The summed E-state index contributed by atoms with van der Waals surface area (Å²) in [6.07, 6.45) is 2.89. The van der Waals surface area contributed by atoms with E-state index in [1.807, 2.05) is 6.07 Å². The number of nitriles is 1. The SMILES string of the molecule is N#Cc1ccc(C(=O)C=Cc2csc([N+](=O)[O-])c2)cc1. The molecule has 0 unspecified atom stereocenters. The van der Waals surface area contributed by atoms with E-state index in [0.29, 0.717) is 16.7 Å². The van der Waals surface area contributed by atoms with Crippen LogP contribution >= 0.6 is 11.3 Å². The van der Waals surface area contributed by atoms with Gasteiger partial charge in [-0.15, -0.1) is 0 Å². The third-order valence-corrected chi connectivity index (χ3v) is 3.41. The fourth-order valence-corrected chi connectivity index (χ4v) is 2.19. The van der Waals surface area contributed by atoms with Gasteiger partial charge in [-0.2, -0.15) is 5.26 Å². The molecule has 1 heterocycles. The number of benzene rings is 1. The average Bonchev–Trinajstić information content (AvgIpc) is 2.94. The predicted octanol–water partition coefficient (Wildman–Crippen LogP) is 3.42. The summed E-state index contributed by atoms with van der Waals surface area (Å²) >= 11 is 1.01. The van der Waals surface area contributed by atoms with Gasteiger partial charge in [0.1, 0.15) is 0 Å². The number of hydrogen-bond acceptors (Lipinski definition) is 5. The molecular formula is C14H8N2O3S. The third kappa shape index (κ3) is 3.16. The maximum atomic E-state index is 11.9. The van der Waals surface area contributed by atoms with Gasteiger partial charge in [0.05, 0.1) is 16.6 Å². The van der Waals surface area contributed by atoms with Crippen LogP contribution in [0.25, 0.3) is 6.08 Å². The van der Waals surface area contributed by atoms with E-state index in [-0.39, 0.29) is 10.8 Å². The molecule has 0 aliphatic rings. The zero-order valence-electron chi connectivity index (χ0n) is 10.1. The van der Waals surface area contributed by atoms with Crippen LogP contribution < -0.4 is 0 Å². The Morgan fingerprint density at radius 3 is 2.60 bits per heavy atom. The second-order valence-corrected chi connectivity index (χ2v) is 4.75. The highest BCUT2D eigenvalue weighted by Crippen LogP contribution is 2.23. The Labute approximate surface area is 118 Å². The number of thiophene rings is 1. The van der Waals surface area contributed by atoms with Crippen molar-refractivity contribution in [3.8, 4) is 6.07 Å². The van der Waals surface area contributed by atoms with Crippen molar-refractivity contribution in [1.82, 2.24) is 0 Å². The number of ketones is 1. The minimum atomic E-state index is -0.468. The number of carbonyl (C=O) groups excluding carboxylic acids is 1. The van der Waals surface area contributed by atoms with Crippen molar-refractivity contribution in [3.63, 3.8) is 0 Å². The van der Waals surface area contributed by atoms with Crippen LogP contribution in [0.1, 0.15) is 21.5 Å². The van der Waals surface area contributed by atoms with Gasteiger partial charge in [-0.1, -0.05) is 11.3 Å². The first-order chi connectivity index (χ1) is 9.60. The van der Waals surface area contributed by atoms with Crippen molar-refractivity contribution in [2.75, 3.05) is 0 Å². The van der Waals surface area contributed by atoms with Gasteiger partial charge in [-0.05, 0) is 42.0 Å². The summed E-state index contributed by atoms with van der Waals surface area (Å²) in [4.78, 5) is 21.9. The molecule has 6 heteroatoms. The molecule has 0 fully saturated rings. The van der Waals surface area contributed by atoms with Crippen molar-refractivity contribution in [2.45, 2.75) is 0 Å². The molecule has 0 aliphatic heterocycles. The molecule has 0 aliphatic carbocycles. The van der Waals surface area contributed by atoms with Crippen LogP contribution in [0.15, 0.2) is 41.8 Å². The summed E-state index contributed by atoms with van der Waals surface area (Å²) in [5.74, 6) is -0.219. The molecule has 2 rings (SSSR count). The van der Waals surface area contributed by atoms with Gasteiger partial charge >= 0.3 is 5.00 Å². The van der Waals surface area contributed by atoms with Gasteiger partial charge in [-0.25, -0.2) is 0 Å². The van der Waals surface area contributed by atoms with E-state index in [1.165, 1.54) is 18.2 Å². The first kappa shape index (κ1) is 13.6. The lowest BCUT2D eigenvalue weighted by atomic mass is 10.1. The van der Waals surface area contributed by atoms with E-state index in [9.17, 15) is 14.9 Å². The minimum absolute atomic E-state index is 0.0375. The normalized spacial score (nSPS) is 10.3. The first-order valence-corrected chi connectivity index (χ1v) is 6.43. The molecule has 2 aromatic rings. The summed E-state index contributed by atoms with van der Waals surface area (Å²) in [5, 5.41) is 20.8. The van der Waals surface area contributed by atoms with Gasteiger partial charge in [0, 0.05) is 17.0 Å². The van der Waals surface area contributed by atoms with Crippen LogP contribution in [-0.2, 0) is 0 Å². The van der Waals surface area contributed by atoms with Crippen LogP contribution in [0, 0.1) is 21.4 Å². The Hall–Kier alpha value is -2.78. The number of allylic oxidation sites excluding steroid dienone is 1. The predicted molar refractivity (Wildman–Crippen MR) is 75.5 cm³/mol. The number of hydrogen-bond donors (Lipinski definition) is 0. The van der Waals surface area contributed by atoms with Crippen LogP contribution in [-0.4, -0.2) is 10.7 Å². The zero-order valence-corrected chi connectivity index (χ0v) is 11.0. The van der Waals surface area contributed by atoms with Crippen LogP contribution in [0.3, 0.4) is 0 Å². The highest BCUT2D eigenvalue weighted by molar-refractivity contribution is 7.13. The van der Waals surface area contributed by atoms with E-state index < -0.39 is 4.92 Å². The Kier molecular flexibility index (Phi) is 4.03. The smallest absolute Gasteiger partial charge is 0.289 e. The molecule has 0 radical (unpaired) electrons. The quantitative estimate of drug-likeness (QED) is 0.372. The van der Waals surface area contributed by atoms with Crippen molar-refractivity contribution in [3.05, 3.63) is 68.6 Å². The maximum Gasteiger partial charge on any atom is 0.324 e. The van der Waals surface area contributed by atoms with E-state index in [0.717, 1.165) is 11.3 Å². The molecule has 0 N–H and O–H groups in total. The van der Waals surface area contributed by atoms with E-state index in [4.69, 9.17) is 5.26 Å². The fourth-order valence-electron chi connectivity index (χ4n) is 1.50. The van der Waals surface area contributed by atoms with Gasteiger partial charge in [0.15, 0.2) is 5.78 Å². The monoisotopic (exact) mass is 284 g/mol. The summed E-state index contributed by atoms with van der Waals surface area (Å²) in [7, 11) is 0. The lowest BCUT2D eigenvalue weighted by Crippen LogP contribution is -1.93. The fraction of sp³-hybridized carbons (Fsp3) is 0. The summed E-state index contributed by atoms with van der Waals surface area (Å²) < 4.78 is 0. The number of nitro groups is 1. The highest BCUT2D eigenvalue weighted by Gasteiger charge is 2.08. The second-order valence-electron chi connectivity index (χ2n) is 3.86. The summed E-state index contributed by atoms with van der Waals surface area (Å²) in [5.41, 5.74) is 1.56. The van der Waals surface area contributed by atoms with Crippen molar-refractivity contribution < 1.29 is 9.72 Å². The molecule has 1 aromatic carbocycles. The van der Waals surface area contributed by atoms with E-state index in [1.54, 1.807) is 29.6 Å². The Balaban J connectivity index is 2.11. The molecule has 20 heavy (non-hydrogen) atoms. The molecule has 0 bridgehead atoms. The maximum absolute atomic E-state index is 11.9. The third-order valence-electron chi connectivity index (χ3n) is 2.51. The summed E-state index contributed by atoms with van der Waals surface area (Å²) in [6, 6.07) is 9.66. The van der Waals surface area contributed by atoms with Crippen molar-refractivity contribution in [1.29, 1.82) is 5.26 Å². The van der Waals surface area contributed by atoms with E-state index >= 15 is 0 Å². The Morgan fingerprint density at radius 1 is 1.35 bits per heavy atom. The summed E-state index contributed by atoms with van der Waals surface area (Å²) in [6.45, 7) is 0. The lowest BCUT2D eigenvalue weighted by molar-refractivity contribution is -0.380. The second kappa shape index (κ2) is 5.91. The molecule has 5 nitrogen and oxygen atoms in total. The van der Waals surface area contributed by atoms with Crippen molar-refractivity contribution in [2.24, 2.45) is 0 Å². The van der Waals surface area contributed by atoms with Crippen molar-refractivity contribution >= 4 is 28.2 Å². The van der Waals surface area contributed by atoms with Gasteiger partial charge in [0.2, 0.25) is 0 Å². The molecule has 0 saturated heterocycles. The lowest BCUT2D eigenvalue weighted by Gasteiger charge is -1.95. The zero-order chi connectivity index (χ0) is 14.5. The van der Waals surface area contributed by atoms with Gasteiger partial charge in [0.25, 0.3) is 0 Å². The van der Waals surface area contributed by atoms with Crippen LogP contribution in [0.4, 0.5) is 5.00 Å². The minimum Gasteiger partial charge on any atom is -0.289 e. The first-order valence-electron chi connectivity index (χ1n) is 5.55. The molecule has 0 spiro atoms. The molecule has 98 valence electrons. The number of carbonyl (C=O) groups is 1. The Bertz CT molecular complexity index is 724. The average molecular weight is 284 g/mol. The van der Waals surface area contributed by atoms with Gasteiger partial charge < -0.3 is 0 Å². The molecule has 1 aromatic heterocycles. The topological polar surface area (TPSA) is 84.0 Å². The molecule has 0 amide bonds. The largest absolute Gasteiger partial charge is 0.324 e. The van der Waals surface area contributed by atoms with E-state index in [2.05, 4.69) is 0 Å². The number of rotatable bonds is 4. The standard InChI is InChI=1S/C14H8N2O3S/c15-8-10-1-4-12(5-2-10)13(17)6-3-11-7-14(16(18)19)20-9-11/h1-7,9H. The van der Waals surface area contributed by atoms with Gasteiger partial charge in [-0.3, -0.25) is 14.9 Å². The molecule has 0 saturated carbocycles. The van der Waals surface area contributed by atoms with Crippen LogP contribution in [0.5, 0.6) is 0 Å².